The number of fused-ring (bicyclic) bond motifs is 2. The molecule has 40 heavy (non-hydrogen) atoms. The summed E-state index contributed by atoms with van der Waals surface area (Å²) in [6, 6.07) is 12.2. The van der Waals surface area contributed by atoms with E-state index in [-0.39, 0.29) is 41.9 Å². The van der Waals surface area contributed by atoms with Crippen molar-refractivity contribution in [3.8, 4) is 0 Å². The van der Waals surface area contributed by atoms with E-state index in [1.54, 1.807) is 4.90 Å². The number of sulfonamides is 1. The van der Waals surface area contributed by atoms with Gasteiger partial charge in [-0.3, -0.25) is 9.59 Å². The molecule has 4 rings (SSSR count). The molecule has 2 saturated carbocycles. The fourth-order valence-electron chi connectivity index (χ4n) is 6.70. The van der Waals surface area contributed by atoms with Gasteiger partial charge in [-0.05, 0) is 66.8 Å². The summed E-state index contributed by atoms with van der Waals surface area (Å²) < 4.78 is 32.2. The number of rotatable bonds is 14. The van der Waals surface area contributed by atoms with Crippen molar-refractivity contribution < 1.29 is 18.0 Å². The molecule has 2 aromatic rings. The van der Waals surface area contributed by atoms with Crippen molar-refractivity contribution in [2.45, 2.75) is 79.3 Å². The van der Waals surface area contributed by atoms with Gasteiger partial charge in [-0.2, -0.15) is 4.31 Å². The van der Waals surface area contributed by atoms with E-state index >= 15 is 0 Å². The molecular weight excluding hydrogens is 590 g/mol. The highest BCUT2D eigenvalue weighted by Gasteiger charge is 2.65. The second kappa shape index (κ2) is 12.5. The number of nitrogens with zero attached hydrogens (tertiary/aromatic N) is 3. The minimum Gasteiger partial charge on any atom is -0.345 e. The Kier molecular flexibility index (Phi) is 9.67. The summed E-state index contributed by atoms with van der Waals surface area (Å²) in [4.78, 5) is 28.6. The van der Waals surface area contributed by atoms with E-state index in [0.29, 0.717) is 38.9 Å². The smallest absolute Gasteiger partial charge is 0.238 e. The van der Waals surface area contributed by atoms with Crippen LogP contribution in [0.4, 0.5) is 0 Å². The molecule has 220 valence electrons. The SMILES string of the molecule is CCCCN(Cc1cccn1Cc1ccc(Br)cc1)C(=O)CN(CCC)S(=O)(=O)CC12CCC(CC1=O)C2(C)C. The van der Waals surface area contributed by atoms with Gasteiger partial charge in [0.1, 0.15) is 5.78 Å². The van der Waals surface area contributed by atoms with Crippen LogP contribution in [0.2, 0.25) is 0 Å². The fourth-order valence-corrected chi connectivity index (χ4v) is 9.21. The molecule has 0 spiro atoms. The maximum absolute atomic E-state index is 13.9. The van der Waals surface area contributed by atoms with Crippen LogP contribution in [0.15, 0.2) is 47.1 Å². The van der Waals surface area contributed by atoms with Crippen molar-refractivity contribution >= 4 is 37.6 Å². The second-order valence-corrected chi connectivity index (χ2v) is 15.1. The van der Waals surface area contributed by atoms with Gasteiger partial charge in [0.05, 0.1) is 18.8 Å². The molecule has 0 radical (unpaired) electrons. The van der Waals surface area contributed by atoms with Crippen LogP contribution >= 0.6 is 15.9 Å². The van der Waals surface area contributed by atoms with E-state index in [2.05, 4.69) is 53.4 Å². The van der Waals surface area contributed by atoms with Crippen LogP contribution < -0.4 is 0 Å². The van der Waals surface area contributed by atoms with Gasteiger partial charge >= 0.3 is 0 Å². The number of aromatic nitrogens is 1. The number of carbonyl (C=O) groups excluding carboxylic acids is 2. The predicted molar refractivity (Wildman–Crippen MR) is 162 cm³/mol. The normalized spacial score (nSPS) is 21.9. The zero-order valence-electron chi connectivity index (χ0n) is 24.4. The summed E-state index contributed by atoms with van der Waals surface area (Å²) in [5, 5.41) is 0. The van der Waals surface area contributed by atoms with Crippen LogP contribution in [0.3, 0.4) is 0 Å². The first-order valence-corrected chi connectivity index (χ1v) is 17.0. The Morgan fingerprint density at radius 1 is 1.10 bits per heavy atom. The molecular formula is C31H44BrN3O4S. The van der Waals surface area contributed by atoms with Crippen LogP contribution in [0.5, 0.6) is 0 Å². The maximum atomic E-state index is 13.9. The van der Waals surface area contributed by atoms with Gasteiger partial charge in [-0.15, -0.1) is 0 Å². The third-order valence-electron chi connectivity index (χ3n) is 9.42. The maximum Gasteiger partial charge on any atom is 0.238 e. The molecule has 1 amide bonds. The quantitative estimate of drug-likeness (QED) is 0.261. The molecule has 1 aromatic carbocycles. The largest absolute Gasteiger partial charge is 0.345 e. The lowest BCUT2D eigenvalue weighted by molar-refractivity contribution is -0.132. The van der Waals surface area contributed by atoms with E-state index in [1.165, 1.54) is 4.31 Å². The zero-order valence-corrected chi connectivity index (χ0v) is 26.8. The van der Waals surface area contributed by atoms with Crippen molar-refractivity contribution in [3.63, 3.8) is 0 Å². The minimum atomic E-state index is -3.82. The number of ketones is 1. The number of benzene rings is 1. The van der Waals surface area contributed by atoms with Crippen molar-refractivity contribution in [2.24, 2.45) is 16.7 Å². The van der Waals surface area contributed by atoms with E-state index in [9.17, 15) is 18.0 Å². The molecule has 2 aliphatic rings. The lowest BCUT2D eigenvalue weighted by Gasteiger charge is -2.37. The summed E-state index contributed by atoms with van der Waals surface area (Å²) in [6.45, 7) is 9.86. The highest BCUT2D eigenvalue weighted by Crippen LogP contribution is 2.64. The minimum absolute atomic E-state index is 0.0798. The van der Waals surface area contributed by atoms with Crippen molar-refractivity contribution in [1.82, 2.24) is 13.8 Å². The predicted octanol–water partition coefficient (Wildman–Crippen LogP) is 5.86. The monoisotopic (exact) mass is 633 g/mol. The van der Waals surface area contributed by atoms with Crippen LogP contribution in [-0.4, -0.2) is 59.3 Å². The Labute approximate surface area is 248 Å². The van der Waals surface area contributed by atoms with Crippen LogP contribution in [0, 0.1) is 16.7 Å². The number of hydrogen-bond donors (Lipinski definition) is 0. The van der Waals surface area contributed by atoms with E-state index < -0.39 is 15.4 Å². The van der Waals surface area contributed by atoms with Crippen molar-refractivity contribution in [3.05, 3.63) is 58.3 Å². The average Bonchev–Trinajstić information content (AvgIpc) is 3.49. The van der Waals surface area contributed by atoms with Crippen LogP contribution in [0.1, 0.15) is 77.5 Å². The molecule has 0 aliphatic heterocycles. The topological polar surface area (TPSA) is 79.7 Å². The molecule has 7 nitrogen and oxygen atoms in total. The van der Waals surface area contributed by atoms with E-state index in [0.717, 1.165) is 35.0 Å². The van der Waals surface area contributed by atoms with Gasteiger partial charge in [0.2, 0.25) is 15.9 Å². The summed E-state index contributed by atoms with van der Waals surface area (Å²) in [5.74, 6) is -0.0628. The number of Topliss-reactive ketones (excluding diaryl/α,β-unsaturated/α-hetero) is 1. The Morgan fingerprint density at radius 3 is 2.42 bits per heavy atom. The lowest BCUT2D eigenvalue weighted by atomic mass is 9.70. The van der Waals surface area contributed by atoms with E-state index in [1.807, 2.05) is 37.4 Å². The third kappa shape index (κ3) is 6.26. The van der Waals surface area contributed by atoms with Gasteiger partial charge < -0.3 is 9.47 Å². The first-order valence-electron chi connectivity index (χ1n) is 14.6. The van der Waals surface area contributed by atoms with Gasteiger partial charge in [0.25, 0.3) is 0 Å². The number of amides is 1. The molecule has 0 N–H and O–H groups in total. The summed E-state index contributed by atoms with van der Waals surface area (Å²) in [5.41, 5.74) is 0.977. The molecule has 9 heteroatoms. The number of carbonyl (C=O) groups is 2. The highest BCUT2D eigenvalue weighted by atomic mass is 79.9. The van der Waals surface area contributed by atoms with Crippen molar-refractivity contribution in [1.29, 1.82) is 0 Å². The molecule has 2 aliphatic carbocycles. The lowest BCUT2D eigenvalue weighted by Crippen LogP contribution is -2.49. The Hall–Kier alpha value is -1.97. The number of halogens is 1. The molecule has 1 heterocycles. The summed E-state index contributed by atoms with van der Waals surface area (Å²) in [6.07, 6.45) is 6.38. The van der Waals surface area contributed by atoms with Gasteiger partial charge in [0, 0.05) is 47.8 Å². The molecule has 2 fully saturated rings. The van der Waals surface area contributed by atoms with Crippen LogP contribution in [0.25, 0.3) is 0 Å². The van der Waals surface area contributed by atoms with Gasteiger partial charge in [-0.25, -0.2) is 8.42 Å². The van der Waals surface area contributed by atoms with Gasteiger partial charge in [0.15, 0.2) is 0 Å². The Bertz CT molecular complexity index is 1300. The molecule has 1 aromatic heterocycles. The highest BCUT2D eigenvalue weighted by molar-refractivity contribution is 9.10. The fraction of sp³-hybridized carbons (Fsp3) is 0.613. The summed E-state index contributed by atoms with van der Waals surface area (Å²) >= 11 is 3.48. The molecule has 2 bridgehead atoms. The average molecular weight is 635 g/mol. The standard InChI is InChI=1S/C31H44BrN3O4S/c1-5-7-17-34(21-27-9-8-18-33(27)20-24-10-12-26(32)13-11-24)29(37)22-35(16-6-2)40(38,39)23-31-15-14-25(19-28(31)36)30(31,3)4/h8-13,18,25H,5-7,14-17,19-23H2,1-4H3. The summed E-state index contributed by atoms with van der Waals surface area (Å²) in [7, 11) is -3.82. The number of hydrogen-bond acceptors (Lipinski definition) is 4. The molecule has 0 saturated heterocycles. The Balaban J connectivity index is 1.51. The molecule has 2 atom stereocenters. The number of unbranched alkanes of at least 4 members (excludes halogenated alkanes) is 1. The van der Waals surface area contributed by atoms with Crippen molar-refractivity contribution in [2.75, 3.05) is 25.4 Å². The van der Waals surface area contributed by atoms with Gasteiger partial charge in [-0.1, -0.05) is 62.2 Å². The first-order chi connectivity index (χ1) is 18.9. The first kappa shape index (κ1) is 31.0. The van der Waals surface area contributed by atoms with E-state index in [4.69, 9.17) is 0 Å². The molecule has 2 unspecified atom stereocenters. The van der Waals surface area contributed by atoms with Crippen LogP contribution in [-0.2, 0) is 32.7 Å². The Morgan fingerprint density at radius 2 is 1.82 bits per heavy atom. The third-order valence-corrected chi connectivity index (χ3v) is 11.9. The second-order valence-electron chi connectivity index (χ2n) is 12.2. The zero-order chi connectivity index (χ0) is 29.1.